The van der Waals surface area contributed by atoms with Crippen molar-refractivity contribution in [3.05, 3.63) is 54.6 Å². The smallest absolute Gasteiger partial charge is 0.127 e. The van der Waals surface area contributed by atoms with Crippen molar-refractivity contribution in [3.63, 3.8) is 0 Å². The van der Waals surface area contributed by atoms with Gasteiger partial charge in [-0.05, 0) is 57.2 Å². The van der Waals surface area contributed by atoms with Crippen LogP contribution in [0.1, 0.15) is 20.8 Å². The molecular weight excluding hydrogens is 222 g/mol. The van der Waals surface area contributed by atoms with Crippen LogP contribution in [0.3, 0.4) is 0 Å². The van der Waals surface area contributed by atoms with Crippen LogP contribution in [0.25, 0.3) is 0 Å². The molecule has 0 spiro atoms. The Morgan fingerprint density at radius 3 is 1.89 bits per heavy atom. The average Bonchev–Trinajstić information content (AvgIpc) is 2.31. The Kier molecular flexibility index (Phi) is 3.56. The third kappa shape index (κ3) is 3.81. The molecule has 0 aromatic heterocycles. The SMILES string of the molecule is CC(C)(C)Nc1ccc(Oc2ccccc2)cc1. The standard InChI is InChI=1S/C16H19NO/c1-16(2,3)17-13-9-11-15(12-10-13)18-14-7-5-4-6-8-14/h4-12,17H,1-3H3. The minimum Gasteiger partial charge on any atom is -0.457 e. The Morgan fingerprint density at radius 1 is 0.778 bits per heavy atom. The Bertz CT molecular complexity index is 483. The molecule has 2 rings (SSSR count). The topological polar surface area (TPSA) is 21.3 Å². The first kappa shape index (κ1) is 12.5. The number of anilines is 1. The minimum atomic E-state index is 0.0712. The molecule has 0 aliphatic carbocycles. The predicted octanol–water partition coefficient (Wildman–Crippen LogP) is 4.69. The third-order valence-corrected chi connectivity index (χ3v) is 2.35. The number of hydrogen-bond donors (Lipinski definition) is 1. The van der Waals surface area contributed by atoms with Crippen molar-refractivity contribution in [2.75, 3.05) is 5.32 Å². The molecule has 0 atom stereocenters. The Labute approximate surface area is 109 Å². The predicted molar refractivity (Wildman–Crippen MR) is 76.3 cm³/mol. The summed E-state index contributed by atoms with van der Waals surface area (Å²) in [6.07, 6.45) is 0. The number of nitrogens with one attached hydrogen (secondary N) is 1. The first-order valence-corrected chi connectivity index (χ1v) is 6.14. The Balaban J connectivity index is 2.04. The third-order valence-electron chi connectivity index (χ3n) is 2.35. The van der Waals surface area contributed by atoms with Gasteiger partial charge in [0.15, 0.2) is 0 Å². The number of hydrogen-bond acceptors (Lipinski definition) is 2. The highest BCUT2D eigenvalue weighted by atomic mass is 16.5. The van der Waals surface area contributed by atoms with Crippen LogP contribution in [0.4, 0.5) is 5.69 Å². The molecule has 2 aromatic carbocycles. The first-order chi connectivity index (χ1) is 8.53. The maximum atomic E-state index is 5.74. The van der Waals surface area contributed by atoms with Gasteiger partial charge in [-0.15, -0.1) is 0 Å². The molecule has 0 amide bonds. The van der Waals surface area contributed by atoms with E-state index in [1.165, 1.54) is 0 Å². The normalized spacial score (nSPS) is 11.1. The van der Waals surface area contributed by atoms with E-state index in [-0.39, 0.29) is 5.54 Å². The number of ether oxygens (including phenoxy) is 1. The molecule has 18 heavy (non-hydrogen) atoms. The van der Waals surface area contributed by atoms with Crippen LogP contribution in [0.5, 0.6) is 11.5 Å². The van der Waals surface area contributed by atoms with Crippen molar-refractivity contribution < 1.29 is 4.74 Å². The molecule has 0 radical (unpaired) electrons. The van der Waals surface area contributed by atoms with Gasteiger partial charge in [-0.25, -0.2) is 0 Å². The largest absolute Gasteiger partial charge is 0.457 e. The zero-order valence-electron chi connectivity index (χ0n) is 11.1. The van der Waals surface area contributed by atoms with E-state index >= 15 is 0 Å². The van der Waals surface area contributed by atoms with Gasteiger partial charge in [0.05, 0.1) is 0 Å². The fraction of sp³-hybridized carbons (Fsp3) is 0.250. The lowest BCUT2D eigenvalue weighted by Crippen LogP contribution is -2.25. The second kappa shape index (κ2) is 5.13. The molecule has 2 heteroatoms. The van der Waals surface area contributed by atoms with E-state index in [4.69, 9.17) is 4.74 Å². The molecular formula is C16H19NO. The quantitative estimate of drug-likeness (QED) is 0.841. The molecule has 0 saturated heterocycles. The highest BCUT2D eigenvalue weighted by Gasteiger charge is 2.08. The van der Waals surface area contributed by atoms with Gasteiger partial charge in [0.1, 0.15) is 11.5 Å². The lowest BCUT2D eigenvalue weighted by molar-refractivity contribution is 0.482. The van der Waals surface area contributed by atoms with Crippen LogP contribution < -0.4 is 10.1 Å². The fourth-order valence-electron chi connectivity index (χ4n) is 1.66. The zero-order valence-corrected chi connectivity index (χ0v) is 11.1. The van der Waals surface area contributed by atoms with Crippen LogP contribution in [-0.2, 0) is 0 Å². The van der Waals surface area contributed by atoms with Gasteiger partial charge in [0.2, 0.25) is 0 Å². The summed E-state index contributed by atoms with van der Waals surface area (Å²) >= 11 is 0. The van der Waals surface area contributed by atoms with Gasteiger partial charge in [-0.3, -0.25) is 0 Å². The van der Waals surface area contributed by atoms with Gasteiger partial charge >= 0.3 is 0 Å². The van der Waals surface area contributed by atoms with Crippen LogP contribution in [0, 0.1) is 0 Å². The maximum absolute atomic E-state index is 5.74. The molecule has 0 unspecified atom stereocenters. The van der Waals surface area contributed by atoms with Gasteiger partial charge in [-0.1, -0.05) is 18.2 Å². The monoisotopic (exact) mass is 241 g/mol. The molecule has 94 valence electrons. The Morgan fingerprint density at radius 2 is 1.33 bits per heavy atom. The summed E-state index contributed by atoms with van der Waals surface area (Å²) in [5.41, 5.74) is 1.17. The van der Waals surface area contributed by atoms with Crippen molar-refractivity contribution in [1.82, 2.24) is 0 Å². The summed E-state index contributed by atoms with van der Waals surface area (Å²) < 4.78 is 5.74. The summed E-state index contributed by atoms with van der Waals surface area (Å²) in [5, 5.41) is 3.42. The van der Waals surface area contributed by atoms with E-state index in [1.54, 1.807) is 0 Å². The van der Waals surface area contributed by atoms with Crippen molar-refractivity contribution in [3.8, 4) is 11.5 Å². The van der Waals surface area contributed by atoms with Gasteiger partial charge in [0, 0.05) is 11.2 Å². The summed E-state index contributed by atoms with van der Waals surface area (Å²) in [6, 6.07) is 17.8. The van der Waals surface area contributed by atoms with Crippen molar-refractivity contribution in [2.24, 2.45) is 0 Å². The summed E-state index contributed by atoms with van der Waals surface area (Å²) in [5.74, 6) is 1.70. The summed E-state index contributed by atoms with van der Waals surface area (Å²) in [6.45, 7) is 6.42. The lowest BCUT2D eigenvalue weighted by Gasteiger charge is -2.22. The molecule has 0 fully saturated rings. The fourth-order valence-corrected chi connectivity index (χ4v) is 1.66. The van der Waals surface area contributed by atoms with Crippen LogP contribution in [0.15, 0.2) is 54.6 Å². The number of para-hydroxylation sites is 1. The average molecular weight is 241 g/mol. The zero-order chi connectivity index (χ0) is 13.0. The van der Waals surface area contributed by atoms with E-state index in [1.807, 2.05) is 54.6 Å². The summed E-state index contributed by atoms with van der Waals surface area (Å²) in [7, 11) is 0. The minimum absolute atomic E-state index is 0.0712. The molecule has 0 bridgehead atoms. The first-order valence-electron chi connectivity index (χ1n) is 6.14. The lowest BCUT2D eigenvalue weighted by atomic mass is 10.1. The van der Waals surface area contributed by atoms with Crippen molar-refractivity contribution >= 4 is 5.69 Å². The van der Waals surface area contributed by atoms with Gasteiger partial charge in [0.25, 0.3) is 0 Å². The van der Waals surface area contributed by atoms with Gasteiger partial charge in [-0.2, -0.15) is 0 Å². The molecule has 0 aliphatic rings. The highest BCUT2D eigenvalue weighted by molar-refractivity contribution is 5.48. The van der Waals surface area contributed by atoms with Gasteiger partial charge < -0.3 is 10.1 Å². The van der Waals surface area contributed by atoms with Crippen LogP contribution in [-0.4, -0.2) is 5.54 Å². The number of rotatable bonds is 3. The van der Waals surface area contributed by atoms with E-state index in [9.17, 15) is 0 Å². The molecule has 0 saturated carbocycles. The summed E-state index contributed by atoms with van der Waals surface area (Å²) in [4.78, 5) is 0. The van der Waals surface area contributed by atoms with Crippen molar-refractivity contribution in [1.29, 1.82) is 0 Å². The van der Waals surface area contributed by atoms with E-state index in [0.717, 1.165) is 17.2 Å². The second-order valence-electron chi connectivity index (χ2n) is 5.31. The molecule has 0 heterocycles. The molecule has 2 nitrogen and oxygen atoms in total. The van der Waals surface area contributed by atoms with Crippen LogP contribution >= 0.6 is 0 Å². The number of benzene rings is 2. The maximum Gasteiger partial charge on any atom is 0.127 e. The Hall–Kier alpha value is -1.96. The highest BCUT2D eigenvalue weighted by Crippen LogP contribution is 2.23. The van der Waals surface area contributed by atoms with Crippen molar-refractivity contribution in [2.45, 2.75) is 26.3 Å². The molecule has 0 aliphatic heterocycles. The van der Waals surface area contributed by atoms with E-state index < -0.39 is 0 Å². The van der Waals surface area contributed by atoms with E-state index in [0.29, 0.717) is 0 Å². The molecule has 2 aromatic rings. The van der Waals surface area contributed by atoms with E-state index in [2.05, 4.69) is 26.1 Å². The van der Waals surface area contributed by atoms with Crippen LogP contribution in [0.2, 0.25) is 0 Å². The molecule has 1 N–H and O–H groups in total. The second-order valence-corrected chi connectivity index (χ2v) is 5.31.